The van der Waals surface area contributed by atoms with Crippen LogP contribution in [0.25, 0.3) is 0 Å². The number of rotatable bonds is 6. The van der Waals surface area contributed by atoms with Crippen molar-refractivity contribution in [2.45, 2.75) is 19.9 Å². The number of carbonyl (C=O) groups excluding carboxylic acids is 2. The molecule has 0 saturated carbocycles. The van der Waals surface area contributed by atoms with Crippen molar-refractivity contribution in [1.82, 2.24) is 4.90 Å². The van der Waals surface area contributed by atoms with E-state index in [1.54, 1.807) is 37.3 Å². The van der Waals surface area contributed by atoms with E-state index in [0.29, 0.717) is 27.8 Å². The van der Waals surface area contributed by atoms with Crippen LogP contribution in [-0.2, 0) is 17.8 Å². The molecule has 4 nitrogen and oxygen atoms in total. The second kappa shape index (κ2) is 7.62. The van der Waals surface area contributed by atoms with Crippen molar-refractivity contribution < 1.29 is 14.3 Å². The number of Topliss-reactive ketones (excluding diaryl/α,β-unsaturated/α-hetero) is 1. The number of likely N-dealkylation sites (N-methyl/N-ethyl adjacent to an activating group) is 1. The number of nitrogens with zero attached hydrogens (tertiary/aromatic N) is 1. The molecule has 23 heavy (non-hydrogen) atoms. The summed E-state index contributed by atoms with van der Waals surface area (Å²) in [6.45, 7) is 2.00. The maximum absolute atomic E-state index is 12.4. The highest BCUT2D eigenvalue weighted by Crippen LogP contribution is 2.24. The summed E-state index contributed by atoms with van der Waals surface area (Å²) >= 11 is 7.36. The molecule has 0 atom stereocenters. The number of ether oxygens (including phenoxy) is 1. The van der Waals surface area contributed by atoms with Crippen molar-refractivity contribution in [3.05, 3.63) is 50.7 Å². The summed E-state index contributed by atoms with van der Waals surface area (Å²) in [5.74, 6) is 0.521. The van der Waals surface area contributed by atoms with Gasteiger partial charge in [0.1, 0.15) is 5.75 Å². The minimum absolute atomic E-state index is 0.0389. The maximum atomic E-state index is 12.4. The molecule has 0 N–H and O–H groups in total. The third kappa shape index (κ3) is 4.56. The first-order chi connectivity index (χ1) is 10.9. The Labute approximate surface area is 144 Å². The minimum atomic E-state index is -0.0477. The smallest absolute Gasteiger partial charge is 0.227 e. The summed E-state index contributed by atoms with van der Waals surface area (Å²) in [5, 5.41) is 0. The van der Waals surface area contributed by atoms with Crippen molar-refractivity contribution in [3.63, 3.8) is 0 Å². The molecule has 0 radical (unpaired) electrons. The van der Waals surface area contributed by atoms with Gasteiger partial charge in [0.15, 0.2) is 5.78 Å². The molecule has 0 aliphatic heterocycles. The highest BCUT2D eigenvalue weighted by Gasteiger charge is 2.15. The molecule has 1 amide bonds. The van der Waals surface area contributed by atoms with Crippen molar-refractivity contribution in [2.75, 3.05) is 14.2 Å². The summed E-state index contributed by atoms with van der Waals surface area (Å²) in [5.41, 5.74) is 1.28. The Balaban J connectivity index is 2.12. The summed E-state index contributed by atoms with van der Waals surface area (Å²) in [6, 6.07) is 8.87. The second-order valence-corrected chi connectivity index (χ2v) is 7.01. The molecule has 1 heterocycles. The van der Waals surface area contributed by atoms with E-state index in [2.05, 4.69) is 0 Å². The zero-order chi connectivity index (χ0) is 17.0. The van der Waals surface area contributed by atoms with Gasteiger partial charge in [-0.05, 0) is 37.3 Å². The molecule has 0 bridgehead atoms. The number of benzene rings is 1. The Morgan fingerprint density at radius 1 is 1.26 bits per heavy atom. The van der Waals surface area contributed by atoms with E-state index in [1.807, 2.05) is 12.1 Å². The van der Waals surface area contributed by atoms with Crippen LogP contribution in [-0.4, -0.2) is 30.7 Å². The van der Waals surface area contributed by atoms with Gasteiger partial charge in [-0.25, -0.2) is 0 Å². The number of thiophene rings is 1. The molecule has 0 aliphatic carbocycles. The van der Waals surface area contributed by atoms with Crippen LogP contribution in [0.5, 0.6) is 5.75 Å². The van der Waals surface area contributed by atoms with E-state index in [0.717, 1.165) is 4.88 Å². The first-order valence-corrected chi connectivity index (χ1v) is 8.26. The van der Waals surface area contributed by atoms with Gasteiger partial charge in [-0.1, -0.05) is 11.6 Å². The number of amides is 1. The predicted molar refractivity (Wildman–Crippen MR) is 92.5 cm³/mol. The number of hydrogen-bond acceptors (Lipinski definition) is 4. The van der Waals surface area contributed by atoms with E-state index < -0.39 is 0 Å². The zero-order valence-corrected chi connectivity index (χ0v) is 14.8. The zero-order valence-electron chi connectivity index (χ0n) is 13.3. The molecule has 122 valence electrons. The molecule has 0 aliphatic rings. The van der Waals surface area contributed by atoms with Gasteiger partial charge >= 0.3 is 0 Å². The van der Waals surface area contributed by atoms with Crippen LogP contribution < -0.4 is 4.74 Å². The fourth-order valence-corrected chi connectivity index (χ4v) is 3.33. The van der Waals surface area contributed by atoms with Crippen LogP contribution in [0.2, 0.25) is 4.34 Å². The van der Waals surface area contributed by atoms with Gasteiger partial charge in [-0.2, -0.15) is 0 Å². The van der Waals surface area contributed by atoms with Gasteiger partial charge in [0.2, 0.25) is 5.91 Å². The van der Waals surface area contributed by atoms with Gasteiger partial charge < -0.3 is 9.64 Å². The maximum Gasteiger partial charge on any atom is 0.227 e. The summed E-state index contributed by atoms with van der Waals surface area (Å²) in [6.07, 6.45) is 0.180. The van der Waals surface area contributed by atoms with Crippen LogP contribution >= 0.6 is 22.9 Å². The monoisotopic (exact) mass is 351 g/mol. The van der Waals surface area contributed by atoms with Crippen LogP contribution in [0, 0.1) is 0 Å². The highest BCUT2D eigenvalue weighted by molar-refractivity contribution is 7.16. The van der Waals surface area contributed by atoms with E-state index >= 15 is 0 Å². The lowest BCUT2D eigenvalue weighted by Gasteiger charge is -2.17. The highest BCUT2D eigenvalue weighted by atomic mass is 35.5. The Hall–Kier alpha value is -1.85. The quantitative estimate of drug-likeness (QED) is 0.743. The Morgan fingerprint density at radius 2 is 2.00 bits per heavy atom. The standard InChI is InChI=1S/C17H18ClNO3S/c1-11(20)12-4-6-15(22-3)13(8-12)9-17(21)19(2)10-14-5-7-16(18)23-14/h4-8H,9-10H2,1-3H3. The van der Waals surface area contributed by atoms with Crippen molar-refractivity contribution in [1.29, 1.82) is 0 Å². The average Bonchev–Trinajstić information content (AvgIpc) is 2.92. The molecular formula is C17H18ClNO3S. The summed E-state index contributed by atoms with van der Waals surface area (Å²) in [7, 11) is 3.30. The van der Waals surface area contributed by atoms with E-state index in [1.165, 1.54) is 18.3 Å². The molecule has 0 fully saturated rings. The molecule has 1 aromatic heterocycles. The number of halogens is 1. The Kier molecular flexibility index (Phi) is 5.80. The van der Waals surface area contributed by atoms with E-state index in [4.69, 9.17) is 16.3 Å². The Morgan fingerprint density at radius 3 is 2.57 bits per heavy atom. The third-order valence-electron chi connectivity index (χ3n) is 3.48. The summed E-state index contributed by atoms with van der Waals surface area (Å²) < 4.78 is 5.99. The molecule has 0 spiro atoms. The Bertz CT molecular complexity index is 726. The molecule has 6 heteroatoms. The van der Waals surface area contributed by atoms with E-state index in [-0.39, 0.29) is 18.1 Å². The van der Waals surface area contributed by atoms with Crippen LogP contribution in [0.3, 0.4) is 0 Å². The van der Waals surface area contributed by atoms with Crippen molar-refractivity contribution in [2.24, 2.45) is 0 Å². The second-order valence-electron chi connectivity index (χ2n) is 5.22. The number of carbonyl (C=O) groups is 2. The first-order valence-electron chi connectivity index (χ1n) is 7.06. The van der Waals surface area contributed by atoms with Crippen LogP contribution in [0.1, 0.15) is 27.7 Å². The fourth-order valence-electron chi connectivity index (χ4n) is 2.19. The lowest BCUT2D eigenvalue weighted by Crippen LogP contribution is -2.27. The average molecular weight is 352 g/mol. The van der Waals surface area contributed by atoms with Crippen molar-refractivity contribution >= 4 is 34.6 Å². The topological polar surface area (TPSA) is 46.6 Å². The number of hydrogen-bond donors (Lipinski definition) is 0. The number of methoxy groups -OCH3 is 1. The lowest BCUT2D eigenvalue weighted by atomic mass is 10.0. The number of ketones is 1. The molecule has 2 aromatic rings. The minimum Gasteiger partial charge on any atom is -0.496 e. The SMILES string of the molecule is COc1ccc(C(C)=O)cc1CC(=O)N(C)Cc1ccc(Cl)s1. The largest absolute Gasteiger partial charge is 0.496 e. The van der Waals surface area contributed by atoms with Gasteiger partial charge in [-0.3, -0.25) is 9.59 Å². The van der Waals surface area contributed by atoms with Crippen LogP contribution in [0.15, 0.2) is 30.3 Å². The first kappa shape index (κ1) is 17.5. The van der Waals surface area contributed by atoms with Crippen LogP contribution in [0.4, 0.5) is 0 Å². The van der Waals surface area contributed by atoms with Gasteiger partial charge in [0.05, 0.1) is 24.4 Å². The van der Waals surface area contributed by atoms with Crippen molar-refractivity contribution in [3.8, 4) is 5.75 Å². The van der Waals surface area contributed by atoms with Gasteiger partial charge in [0, 0.05) is 23.1 Å². The normalized spacial score (nSPS) is 10.4. The molecule has 0 saturated heterocycles. The fraction of sp³-hybridized carbons (Fsp3) is 0.294. The van der Waals surface area contributed by atoms with E-state index in [9.17, 15) is 9.59 Å². The molecular weight excluding hydrogens is 334 g/mol. The summed E-state index contributed by atoms with van der Waals surface area (Å²) in [4.78, 5) is 26.6. The van der Waals surface area contributed by atoms with Gasteiger partial charge in [0.25, 0.3) is 0 Å². The van der Waals surface area contributed by atoms with Gasteiger partial charge in [-0.15, -0.1) is 11.3 Å². The lowest BCUT2D eigenvalue weighted by molar-refractivity contribution is -0.129. The third-order valence-corrected chi connectivity index (χ3v) is 4.69. The molecule has 0 unspecified atom stereocenters. The molecule has 1 aromatic carbocycles. The molecule has 2 rings (SSSR count). The predicted octanol–water partition coefficient (Wildman–Crippen LogP) is 3.81.